The summed E-state index contributed by atoms with van der Waals surface area (Å²) in [5.41, 5.74) is 3.15. The molecule has 0 unspecified atom stereocenters. The molecule has 2 heterocycles. The van der Waals surface area contributed by atoms with Gasteiger partial charge in [0.2, 0.25) is 0 Å². The number of fused-ring (bicyclic) bond motifs is 1. The van der Waals surface area contributed by atoms with Crippen molar-refractivity contribution in [3.05, 3.63) is 61.7 Å². The Balaban J connectivity index is 1.53. The van der Waals surface area contributed by atoms with Crippen LogP contribution in [0.15, 0.2) is 34.1 Å². The second kappa shape index (κ2) is 7.82. The number of nitro benzene ring substituents is 1. The highest BCUT2D eigenvalue weighted by Crippen LogP contribution is 2.31. The summed E-state index contributed by atoms with van der Waals surface area (Å²) in [6, 6.07) is 6.52. The molecule has 2 aliphatic rings. The van der Waals surface area contributed by atoms with Gasteiger partial charge < -0.3 is 4.74 Å². The monoisotopic (exact) mass is 387 g/mol. The highest BCUT2D eigenvalue weighted by Gasteiger charge is 2.25. The zero-order chi connectivity index (χ0) is 18.8. The molecule has 4 rings (SSSR count). The van der Waals surface area contributed by atoms with E-state index in [1.807, 2.05) is 4.57 Å². The summed E-state index contributed by atoms with van der Waals surface area (Å²) in [5, 5.41) is 11.6. The van der Waals surface area contributed by atoms with Crippen molar-refractivity contribution in [3.8, 4) is 0 Å². The van der Waals surface area contributed by atoms with Gasteiger partial charge in [-0.3, -0.25) is 14.7 Å². The Labute approximate surface area is 160 Å². The van der Waals surface area contributed by atoms with Crippen molar-refractivity contribution in [1.82, 2.24) is 9.55 Å². The minimum Gasteiger partial charge on any atom is -0.376 e. The normalized spacial score (nSPS) is 18.6. The average Bonchev–Trinajstić information content (AvgIpc) is 3.34. The third-order valence-electron chi connectivity index (χ3n) is 5.13. The number of aromatic nitrogens is 2. The Morgan fingerprint density at radius 2 is 2.07 bits per heavy atom. The fourth-order valence-electron chi connectivity index (χ4n) is 3.75. The maximum absolute atomic E-state index is 12.6. The van der Waals surface area contributed by atoms with E-state index in [-0.39, 0.29) is 17.5 Å². The van der Waals surface area contributed by atoms with Crippen molar-refractivity contribution in [2.45, 2.75) is 55.5 Å². The molecule has 0 amide bonds. The SMILES string of the molecule is O=c1nc(SCc2ccc([N+](=O)[O-])cc2)c2c(n1C[C@@H]1CCCO1)CCC2. The van der Waals surface area contributed by atoms with Crippen molar-refractivity contribution in [3.63, 3.8) is 0 Å². The van der Waals surface area contributed by atoms with E-state index in [9.17, 15) is 14.9 Å². The van der Waals surface area contributed by atoms with E-state index in [1.54, 1.807) is 12.1 Å². The maximum Gasteiger partial charge on any atom is 0.348 e. The fourth-order valence-corrected chi connectivity index (χ4v) is 4.78. The lowest BCUT2D eigenvalue weighted by atomic mass is 10.2. The molecule has 1 atom stereocenters. The third kappa shape index (κ3) is 3.91. The number of hydrogen-bond acceptors (Lipinski definition) is 6. The van der Waals surface area contributed by atoms with Crippen LogP contribution in [0.2, 0.25) is 0 Å². The van der Waals surface area contributed by atoms with E-state index < -0.39 is 4.92 Å². The second-order valence-corrected chi connectivity index (χ2v) is 7.90. The number of non-ortho nitro benzene ring substituents is 1. The molecule has 1 aromatic heterocycles. The molecule has 2 aromatic rings. The lowest BCUT2D eigenvalue weighted by molar-refractivity contribution is -0.384. The van der Waals surface area contributed by atoms with Crippen LogP contribution < -0.4 is 5.69 Å². The van der Waals surface area contributed by atoms with Crippen molar-refractivity contribution in [2.75, 3.05) is 6.61 Å². The van der Waals surface area contributed by atoms with Crippen LogP contribution in [0.4, 0.5) is 5.69 Å². The van der Waals surface area contributed by atoms with Crippen molar-refractivity contribution < 1.29 is 9.66 Å². The van der Waals surface area contributed by atoms with Crippen LogP contribution in [-0.2, 0) is 29.9 Å². The van der Waals surface area contributed by atoms with Gasteiger partial charge in [0.05, 0.1) is 17.6 Å². The smallest absolute Gasteiger partial charge is 0.348 e. The number of thioether (sulfide) groups is 1. The van der Waals surface area contributed by atoms with Crippen molar-refractivity contribution in [1.29, 1.82) is 0 Å². The number of hydrogen-bond donors (Lipinski definition) is 0. The summed E-state index contributed by atoms with van der Waals surface area (Å²) in [6.45, 7) is 1.37. The van der Waals surface area contributed by atoms with Crippen molar-refractivity contribution >= 4 is 17.4 Å². The number of nitro groups is 1. The summed E-state index contributed by atoms with van der Waals surface area (Å²) < 4.78 is 7.51. The zero-order valence-electron chi connectivity index (χ0n) is 14.9. The van der Waals surface area contributed by atoms with Crippen LogP contribution in [0, 0.1) is 10.1 Å². The first-order valence-electron chi connectivity index (χ1n) is 9.22. The second-order valence-electron chi connectivity index (χ2n) is 6.94. The topological polar surface area (TPSA) is 87.3 Å². The first-order valence-corrected chi connectivity index (χ1v) is 10.2. The van der Waals surface area contributed by atoms with Gasteiger partial charge in [-0.1, -0.05) is 12.1 Å². The lowest BCUT2D eigenvalue weighted by Gasteiger charge is -2.17. The van der Waals surface area contributed by atoms with E-state index in [1.165, 1.54) is 29.5 Å². The first-order chi connectivity index (χ1) is 13.1. The number of nitrogens with zero attached hydrogens (tertiary/aromatic N) is 3. The van der Waals surface area contributed by atoms with Crippen LogP contribution in [0.5, 0.6) is 0 Å². The molecule has 1 aliphatic carbocycles. The van der Waals surface area contributed by atoms with Crippen LogP contribution in [-0.4, -0.2) is 27.2 Å². The molecule has 142 valence electrons. The molecule has 0 radical (unpaired) electrons. The maximum atomic E-state index is 12.6. The van der Waals surface area contributed by atoms with Gasteiger partial charge in [-0.05, 0) is 37.7 Å². The predicted molar refractivity (Wildman–Crippen MR) is 102 cm³/mol. The van der Waals surface area contributed by atoms with Gasteiger partial charge in [0.25, 0.3) is 5.69 Å². The van der Waals surface area contributed by atoms with Gasteiger partial charge in [-0.2, -0.15) is 4.98 Å². The Hall–Kier alpha value is -2.19. The minimum atomic E-state index is -0.404. The molecule has 27 heavy (non-hydrogen) atoms. The van der Waals surface area contributed by atoms with Gasteiger partial charge in [-0.15, -0.1) is 11.8 Å². The number of ether oxygens (including phenoxy) is 1. The van der Waals surface area contributed by atoms with Crippen LogP contribution >= 0.6 is 11.8 Å². The van der Waals surface area contributed by atoms with Crippen LogP contribution in [0.25, 0.3) is 0 Å². The van der Waals surface area contributed by atoms with E-state index in [0.29, 0.717) is 12.3 Å². The van der Waals surface area contributed by atoms with E-state index in [0.717, 1.165) is 55.0 Å². The summed E-state index contributed by atoms with van der Waals surface area (Å²) in [4.78, 5) is 27.3. The van der Waals surface area contributed by atoms with Crippen molar-refractivity contribution in [2.24, 2.45) is 0 Å². The summed E-state index contributed by atoms with van der Waals surface area (Å²) >= 11 is 1.53. The Kier molecular flexibility index (Phi) is 5.27. The van der Waals surface area contributed by atoms with Gasteiger partial charge >= 0.3 is 5.69 Å². The van der Waals surface area contributed by atoms with Gasteiger partial charge in [0.15, 0.2) is 0 Å². The molecule has 0 saturated carbocycles. The summed E-state index contributed by atoms with van der Waals surface area (Å²) in [6.07, 6.45) is 5.06. The van der Waals surface area contributed by atoms with E-state index >= 15 is 0 Å². The molecule has 1 aliphatic heterocycles. The summed E-state index contributed by atoms with van der Waals surface area (Å²) in [7, 11) is 0. The largest absolute Gasteiger partial charge is 0.376 e. The minimum absolute atomic E-state index is 0.0829. The Bertz CT molecular complexity index is 904. The number of benzene rings is 1. The number of rotatable bonds is 6. The standard InChI is InChI=1S/C19H21N3O4S/c23-19-20-18(27-12-13-6-8-14(9-7-13)22(24)25)16-4-1-5-17(16)21(19)11-15-3-2-10-26-15/h6-9,15H,1-5,10-12H2/t15-/m0/s1. The third-order valence-corrected chi connectivity index (χ3v) is 6.22. The van der Waals surface area contributed by atoms with E-state index in [4.69, 9.17) is 4.74 Å². The van der Waals surface area contributed by atoms with Crippen LogP contribution in [0.1, 0.15) is 36.1 Å². The molecule has 8 heteroatoms. The predicted octanol–water partition coefficient (Wildman–Crippen LogP) is 3.11. The lowest BCUT2D eigenvalue weighted by Crippen LogP contribution is -2.31. The van der Waals surface area contributed by atoms with Crippen LogP contribution in [0.3, 0.4) is 0 Å². The molecule has 1 fully saturated rings. The molecular formula is C19H21N3O4S. The summed E-state index contributed by atoms with van der Waals surface area (Å²) in [5.74, 6) is 0.632. The van der Waals surface area contributed by atoms with Gasteiger partial charge in [0.1, 0.15) is 5.03 Å². The quantitative estimate of drug-likeness (QED) is 0.328. The van der Waals surface area contributed by atoms with E-state index in [2.05, 4.69) is 4.98 Å². The fraction of sp³-hybridized carbons (Fsp3) is 0.474. The first kappa shape index (κ1) is 18.2. The average molecular weight is 387 g/mol. The molecular weight excluding hydrogens is 366 g/mol. The Morgan fingerprint density at radius 1 is 1.26 bits per heavy atom. The van der Waals surface area contributed by atoms with Gasteiger partial charge in [0, 0.05) is 35.7 Å². The highest BCUT2D eigenvalue weighted by molar-refractivity contribution is 7.98. The highest BCUT2D eigenvalue weighted by atomic mass is 32.2. The molecule has 0 N–H and O–H groups in total. The molecule has 1 aromatic carbocycles. The molecule has 1 saturated heterocycles. The zero-order valence-corrected chi connectivity index (χ0v) is 15.7. The van der Waals surface area contributed by atoms with Gasteiger partial charge in [-0.25, -0.2) is 4.79 Å². The Morgan fingerprint density at radius 3 is 2.78 bits per heavy atom. The molecule has 7 nitrogen and oxygen atoms in total. The molecule has 0 bridgehead atoms. The molecule has 0 spiro atoms.